The van der Waals surface area contributed by atoms with Gasteiger partial charge in [-0.3, -0.25) is 9.36 Å². The molecule has 4 aromatic rings. The van der Waals surface area contributed by atoms with Crippen LogP contribution >= 0.6 is 11.8 Å². The Morgan fingerprint density at radius 1 is 1.03 bits per heavy atom. The molecule has 2 aromatic heterocycles. The van der Waals surface area contributed by atoms with Crippen molar-refractivity contribution < 1.29 is 9.21 Å². The second-order valence-electron chi connectivity index (χ2n) is 6.56. The van der Waals surface area contributed by atoms with Gasteiger partial charge >= 0.3 is 0 Å². The third-order valence-corrected chi connectivity index (χ3v) is 5.28. The minimum atomic E-state index is -0.0901. The number of anilines is 1. The summed E-state index contributed by atoms with van der Waals surface area (Å²) in [7, 11) is 0. The molecule has 4 rings (SSSR count). The maximum atomic E-state index is 12.4. The van der Waals surface area contributed by atoms with E-state index in [1.165, 1.54) is 11.8 Å². The molecule has 1 amide bonds. The summed E-state index contributed by atoms with van der Waals surface area (Å²) in [5.41, 5.74) is 3.05. The van der Waals surface area contributed by atoms with Crippen LogP contribution in [-0.4, -0.2) is 26.4 Å². The van der Waals surface area contributed by atoms with Crippen LogP contribution in [0.25, 0.3) is 11.6 Å². The molecule has 0 radical (unpaired) electrons. The number of thioether (sulfide) groups is 1. The molecule has 1 N–H and O–H groups in total. The number of nitrogens with one attached hydrogen (secondary N) is 1. The summed E-state index contributed by atoms with van der Waals surface area (Å²) >= 11 is 1.35. The van der Waals surface area contributed by atoms with Crippen molar-refractivity contribution in [3.63, 3.8) is 0 Å². The van der Waals surface area contributed by atoms with Gasteiger partial charge in [-0.15, -0.1) is 10.2 Å². The van der Waals surface area contributed by atoms with Gasteiger partial charge in [-0.05, 0) is 36.8 Å². The highest BCUT2D eigenvalue weighted by atomic mass is 32.2. The van der Waals surface area contributed by atoms with E-state index in [0.29, 0.717) is 23.3 Å². The molecule has 2 heterocycles. The maximum absolute atomic E-state index is 12.4. The minimum Gasteiger partial charge on any atom is -0.461 e. The van der Waals surface area contributed by atoms with Crippen LogP contribution in [0.5, 0.6) is 0 Å². The number of carbonyl (C=O) groups is 1. The van der Waals surface area contributed by atoms with Crippen molar-refractivity contribution in [1.82, 2.24) is 14.8 Å². The Morgan fingerprint density at radius 2 is 1.83 bits per heavy atom. The number of aromatic nitrogens is 3. The lowest BCUT2D eigenvalue weighted by Crippen LogP contribution is -2.14. The Balaban J connectivity index is 1.50. The van der Waals surface area contributed by atoms with E-state index in [1.54, 1.807) is 6.26 Å². The zero-order chi connectivity index (χ0) is 20.1. The predicted molar refractivity (Wildman–Crippen MR) is 114 cm³/mol. The lowest BCUT2D eigenvalue weighted by molar-refractivity contribution is -0.113. The fourth-order valence-corrected chi connectivity index (χ4v) is 3.59. The average Bonchev–Trinajstić information content (AvgIpc) is 3.39. The van der Waals surface area contributed by atoms with Crippen molar-refractivity contribution in [2.75, 3.05) is 11.1 Å². The molecule has 0 aliphatic rings. The summed E-state index contributed by atoms with van der Waals surface area (Å²) in [6.45, 7) is 2.60. The van der Waals surface area contributed by atoms with Crippen molar-refractivity contribution in [2.24, 2.45) is 0 Å². The summed E-state index contributed by atoms with van der Waals surface area (Å²) in [4.78, 5) is 12.4. The standard InChI is InChI=1S/C22H20N4O2S/c1-16-9-11-18(12-10-16)23-20(27)15-29-22-25-24-21(19-8-5-13-28-19)26(22)14-17-6-3-2-4-7-17/h2-13H,14-15H2,1H3,(H,23,27). The normalized spacial score (nSPS) is 10.8. The zero-order valence-corrected chi connectivity index (χ0v) is 16.7. The maximum Gasteiger partial charge on any atom is 0.234 e. The van der Waals surface area contributed by atoms with Crippen molar-refractivity contribution in [3.8, 4) is 11.6 Å². The van der Waals surface area contributed by atoms with E-state index in [1.807, 2.05) is 78.2 Å². The molecular weight excluding hydrogens is 384 g/mol. The monoisotopic (exact) mass is 404 g/mol. The van der Waals surface area contributed by atoms with E-state index in [-0.39, 0.29) is 11.7 Å². The summed E-state index contributed by atoms with van der Waals surface area (Å²) in [6.07, 6.45) is 1.61. The molecule has 7 heteroatoms. The van der Waals surface area contributed by atoms with E-state index in [2.05, 4.69) is 15.5 Å². The minimum absolute atomic E-state index is 0.0901. The lowest BCUT2D eigenvalue weighted by atomic mass is 10.2. The van der Waals surface area contributed by atoms with Gasteiger partial charge in [0.15, 0.2) is 10.9 Å². The highest BCUT2D eigenvalue weighted by Crippen LogP contribution is 2.25. The van der Waals surface area contributed by atoms with Crippen LogP contribution in [0.15, 0.2) is 82.6 Å². The Kier molecular flexibility index (Phi) is 5.76. The molecule has 29 heavy (non-hydrogen) atoms. The van der Waals surface area contributed by atoms with Gasteiger partial charge in [0.05, 0.1) is 18.6 Å². The molecule has 0 spiro atoms. The Morgan fingerprint density at radius 3 is 2.55 bits per heavy atom. The molecule has 0 saturated heterocycles. The summed E-state index contributed by atoms with van der Waals surface area (Å²) in [5.74, 6) is 1.43. The second kappa shape index (κ2) is 8.79. The highest BCUT2D eigenvalue weighted by Gasteiger charge is 2.17. The fourth-order valence-electron chi connectivity index (χ4n) is 2.86. The van der Waals surface area contributed by atoms with Gasteiger partial charge in [0.25, 0.3) is 0 Å². The topological polar surface area (TPSA) is 73.0 Å². The molecule has 0 unspecified atom stereocenters. The number of nitrogens with zero attached hydrogens (tertiary/aromatic N) is 3. The first-order valence-corrected chi connectivity index (χ1v) is 10.2. The van der Waals surface area contributed by atoms with Crippen molar-refractivity contribution in [3.05, 3.63) is 84.1 Å². The molecule has 6 nitrogen and oxygen atoms in total. The van der Waals surface area contributed by atoms with Gasteiger partial charge < -0.3 is 9.73 Å². The third-order valence-electron chi connectivity index (χ3n) is 4.31. The predicted octanol–water partition coefficient (Wildman–Crippen LogP) is 4.63. The summed E-state index contributed by atoms with van der Waals surface area (Å²) < 4.78 is 7.48. The number of hydrogen-bond acceptors (Lipinski definition) is 5. The molecule has 0 aliphatic heterocycles. The third kappa shape index (κ3) is 4.75. The average molecular weight is 404 g/mol. The molecule has 0 fully saturated rings. The van der Waals surface area contributed by atoms with Gasteiger partial charge in [-0.25, -0.2) is 0 Å². The number of aryl methyl sites for hydroxylation is 1. The van der Waals surface area contributed by atoms with Crippen LogP contribution < -0.4 is 5.32 Å². The van der Waals surface area contributed by atoms with E-state index >= 15 is 0 Å². The first-order valence-electron chi connectivity index (χ1n) is 9.19. The first-order chi connectivity index (χ1) is 14.2. The molecular formula is C22H20N4O2S. The van der Waals surface area contributed by atoms with Crippen LogP contribution in [0.3, 0.4) is 0 Å². The molecule has 146 valence electrons. The van der Waals surface area contributed by atoms with Crippen LogP contribution in [0.1, 0.15) is 11.1 Å². The zero-order valence-electron chi connectivity index (χ0n) is 15.9. The summed E-state index contributed by atoms with van der Waals surface area (Å²) in [6, 6.07) is 21.5. The number of rotatable bonds is 7. The van der Waals surface area contributed by atoms with E-state index in [4.69, 9.17) is 4.42 Å². The largest absolute Gasteiger partial charge is 0.461 e. The fraction of sp³-hybridized carbons (Fsp3) is 0.136. The number of amides is 1. The van der Waals surface area contributed by atoms with Gasteiger partial charge in [0.2, 0.25) is 11.7 Å². The van der Waals surface area contributed by atoms with Crippen molar-refractivity contribution >= 4 is 23.4 Å². The van der Waals surface area contributed by atoms with Gasteiger partial charge in [-0.2, -0.15) is 0 Å². The van der Waals surface area contributed by atoms with Crippen LogP contribution in [0.2, 0.25) is 0 Å². The van der Waals surface area contributed by atoms with Crippen molar-refractivity contribution in [1.29, 1.82) is 0 Å². The van der Waals surface area contributed by atoms with Gasteiger partial charge in [-0.1, -0.05) is 59.8 Å². The van der Waals surface area contributed by atoms with E-state index < -0.39 is 0 Å². The van der Waals surface area contributed by atoms with Crippen LogP contribution in [0, 0.1) is 6.92 Å². The SMILES string of the molecule is Cc1ccc(NC(=O)CSc2nnc(-c3ccco3)n2Cc2ccccc2)cc1. The number of benzene rings is 2. The van der Waals surface area contributed by atoms with E-state index in [9.17, 15) is 4.79 Å². The molecule has 2 aromatic carbocycles. The Labute approximate surface area is 173 Å². The Hall–Kier alpha value is -3.32. The summed E-state index contributed by atoms with van der Waals surface area (Å²) in [5, 5.41) is 12.2. The first kappa shape index (κ1) is 19.0. The quantitative estimate of drug-likeness (QED) is 0.455. The number of carbonyl (C=O) groups excluding carboxylic acids is 1. The second-order valence-corrected chi connectivity index (χ2v) is 7.50. The molecule has 0 aliphatic carbocycles. The molecule has 0 atom stereocenters. The highest BCUT2D eigenvalue weighted by molar-refractivity contribution is 7.99. The molecule has 0 bridgehead atoms. The van der Waals surface area contributed by atoms with Gasteiger partial charge in [0, 0.05) is 5.69 Å². The number of hydrogen-bond donors (Lipinski definition) is 1. The van der Waals surface area contributed by atoms with E-state index in [0.717, 1.165) is 16.8 Å². The number of furan rings is 1. The molecule has 0 saturated carbocycles. The smallest absolute Gasteiger partial charge is 0.234 e. The lowest BCUT2D eigenvalue weighted by Gasteiger charge is -2.09. The Bertz CT molecular complexity index is 1070. The van der Waals surface area contributed by atoms with Crippen molar-refractivity contribution in [2.45, 2.75) is 18.6 Å². The van der Waals surface area contributed by atoms with Crippen LogP contribution in [-0.2, 0) is 11.3 Å². The van der Waals surface area contributed by atoms with Crippen LogP contribution in [0.4, 0.5) is 5.69 Å². The van der Waals surface area contributed by atoms with Gasteiger partial charge in [0.1, 0.15) is 0 Å².